The highest BCUT2D eigenvalue weighted by Gasteiger charge is 2.34. The Balaban J connectivity index is 1.28. The molecule has 2 fully saturated rings. The Labute approximate surface area is 227 Å². The first-order valence-electron chi connectivity index (χ1n) is 13.4. The normalized spacial score (nSPS) is 20.7. The van der Waals surface area contributed by atoms with Gasteiger partial charge in [0.1, 0.15) is 22.3 Å². The predicted octanol–water partition coefficient (Wildman–Crippen LogP) is 5.24. The van der Waals surface area contributed by atoms with Crippen molar-refractivity contribution in [3.05, 3.63) is 51.4 Å². The van der Waals surface area contributed by atoms with Crippen LogP contribution < -0.4 is 24.8 Å². The van der Waals surface area contributed by atoms with Crippen LogP contribution in [-0.4, -0.2) is 42.0 Å². The lowest BCUT2D eigenvalue weighted by Crippen LogP contribution is -2.46. The molecule has 3 aliphatic rings. The molecule has 38 heavy (non-hydrogen) atoms. The number of fused-ring (bicyclic) bond motifs is 2. The molecule has 0 bridgehead atoms. The molecule has 9 heteroatoms. The third kappa shape index (κ3) is 4.23. The highest BCUT2D eigenvalue weighted by atomic mass is 35.5. The van der Waals surface area contributed by atoms with Crippen LogP contribution in [0.5, 0.6) is 11.5 Å². The zero-order valence-electron chi connectivity index (χ0n) is 21.8. The van der Waals surface area contributed by atoms with E-state index >= 15 is 0 Å². The standard InChI is InChI=1S/C29H32ClN5O3/c1-33(27-21(15-31)29(36)34(2)22-13-14-25(30)32-26(22)27)19-9-11-20(12-10-19)35(16-18-5-3-6-18)23-7-4-8-24-28(23)38-17-37-24/h4,7-8,13-14,18-20H,3,5-6,9-12,16-17H2,1-2H3. The Kier molecular flexibility index (Phi) is 6.56. The molecule has 0 radical (unpaired) electrons. The molecule has 198 valence electrons. The van der Waals surface area contributed by atoms with Crippen LogP contribution in [0, 0.1) is 17.2 Å². The average Bonchev–Trinajstić information content (AvgIpc) is 3.39. The van der Waals surface area contributed by atoms with Crippen LogP contribution in [0.3, 0.4) is 0 Å². The largest absolute Gasteiger partial charge is 0.454 e. The van der Waals surface area contributed by atoms with Gasteiger partial charge in [-0.2, -0.15) is 5.26 Å². The van der Waals surface area contributed by atoms with E-state index < -0.39 is 0 Å². The third-order valence-corrected chi connectivity index (χ3v) is 8.88. The topological polar surface area (TPSA) is 83.6 Å². The maximum Gasteiger partial charge on any atom is 0.270 e. The van der Waals surface area contributed by atoms with Crippen LogP contribution in [0.15, 0.2) is 35.1 Å². The zero-order chi connectivity index (χ0) is 26.4. The van der Waals surface area contributed by atoms with Gasteiger partial charge in [0.25, 0.3) is 5.56 Å². The molecule has 0 unspecified atom stereocenters. The number of nitrogens with zero attached hydrogens (tertiary/aromatic N) is 5. The summed E-state index contributed by atoms with van der Waals surface area (Å²) in [6.45, 7) is 1.30. The number of hydrogen-bond acceptors (Lipinski definition) is 7. The van der Waals surface area contributed by atoms with E-state index in [9.17, 15) is 10.1 Å². The van der Waals surface area contributed by atoms with Crippen molar-refractivity contribution in [2.45, 2.75) is 57.0 Å². The van der Waals surface area contributed by atoms with Crippen LogP contribution in [0.1, 0.15) is 50.5 Å². The Bertz CT molecular complexity index is 1470. The highest BCUT2D eigenvalue weighted by Crippen LogP contribution is 2.44. The van der Waals surface area contributed by atoms with Crippen molar-refractivity contribution in [3.8, 4) is 17.6 Å². The maximum absolute atomic E-state index is 13.1. The molecule has 0 saturated heterocycles. The molecule has 8 nitrogen and oxygen atoms in total. The van der Waals surface area contributed by atoms with Crippen LogP contribution in [0.4, 0.5) is 11.4 Å². The molecule has 2 aliphatic carbocycles. The minimum absolute atomic E-state index is 0.114. The molecular weight excluding hydrogens is 502 g/mol. The van der Waals surface area contributed by atoms with E-state index in [1.54, 1.807) is 19.2 Å². The van der Waals surface area contributed by atoms with Crippen LogP contribution >= 0.6 is 11.6 Å². The second-order valence-corrected chi connectivity index (χ2v) is 11.1. The lowest BCUT2D eigenvalue weighted by atomic mass is 9.83. The number of para-hydroxylation sites is 1. The Hall–Kier alpha value is -3.44. The van der Waals surface area contributed by atoms with Crippen LogP contribution in [-0.2, 0) is 7.05 Å². The summed E-state index contributed by atoms with van der Waals surface area (Å²) in [5, 5.41) is 10.3. The van der Waals surface area contributed by atoms with Gasteiger partial charge in [-0.3, -0.25) is 4.79 Å². The van der Waals surface area contributed by atoms with Crippen molar-refractivity contribution < 1.29 is 9.47 Å². The summed E-state index contributed by atoms with van der Waals surface area (Å²) in [6.07, 6.45) is 7.77. The van der Waals surface area contributed by atoms with E-state index in [0.29, 0.717) is 27.9 Å². The SMILES string of the molecule is CN(c1c(C#N)c(=O)n(C)c2ccc(Cl)nc12)C1CCC(N(CC2CCC2)c2cccc3c2OCO3)CC1. The molecule has 3 aromatic rings. The number of ether oxygens (including phenoxy) is 2. The molecule has 1 aromatic carbocycles. The number of hydrogen-bond donors (Lipinski definition) is 0. The van der Waals surface area contributed by atoms with E-state index in [2.05, 4.69) is 33.0 Å². The third-order valence-electron chi connectivity index (χ3n) is 8.67. The predicted molar refractivity (Wildman–Crippen MR) is 148 cm³/mol. The van der Waals surface area contributed by atoms with Crippen molar-refractivity contribution in [3.63, 3.8) is 0 Å². The second kappa shape index (κ2) is 10.0. The van der Waals surface area contributed by atoms with Gasteiger partial charge in [-0.05, 0) is 68.7 Å². The van der Waals surface area contributed by atoms with Gasteiger partial charge in [0.2, 0.25) is 6.79 Å². The number of halogens is 1. The number of anilines is 2. The van der Waals surface area contributed by atoms with Gasteiger partial charge in [0, 0.05) is 32.7 Å². The smallest absolute Gasteiger partial charge is 0.270 e. The lowest BCUT2D eigenvalue weighted by molar-refractivity contribution is 0.173. The van der Waals surface area contributed by atoms with E-state index in [1.807, 2.05) is 13.1 Å². The van der Waals surface area contributed by atoms with Gasteiger partial charge in [-0.1, -0.05) is 24.1 Å². The molecule has 1 aliphatic heterocycles. The van der Waals surface area contributed by atoms with Crippen molar-refractivity contribution in [2.75, 3.05) is 30.2 Å². The van der Waals surface area contributed by atoms with Crippen LogP contribution in [0.2, 0.25) is 5.15 Å². The van der Waals surface area contributed by atoms with Crippen molar-refractivity contribution in [1.82, 2.24) is 9.55 Å². The Morgan fingerprint density at radius 1 is 1.11 bits per heavy atom. The number of aryl methyl sites for hydroxylation is 1. The minimum atomic E-state index is -0.313. The van der Waals surface area contributed by atoms with E-state index in [1.165, 1.54) is 23.8 Å². The molecule has 6 rings (SSSR count). The van der Waals surface area contributed by atoms with E-state index in [4.69, 9.17) is 21.1 Å². The van der Waals surface area contributed by atoms with E-state index in [0.717, 1.165) is 55.3 Å². The number of nitriles is 1. The molecular formula is C29H32ClN5O3. The summed E-state index contributed by atoms with van der Waals surface area (Å²) in [5.74, 6) is 2.40. The summed E-state index contributed by atoms with van der Waals surface area (Å²) in [7, 11) is 3.64. The first-order valence-corrected chi connectivity index (χ1v) is 13.8. The number of aromatic nitrogens is 2. The molecule has 0 atom stereocenters. The summed E-state index contributed by atoms with van der Waals surface area (Å²) in [4.78, 5) is 22.3. The van der Waals surface area contributed by atoms with Gasteiger partial charge in [-0.25, -0.2) is 4.98 Å². The van der Waals surface area contributed by atoms with Crippen molar-refractivity contribution in [2.24, 2.45) is 13.0 Å². The van der Waals surface area contributed by atoms with Crippen molar-refractivity contribution >= 4 is 34.0 Å². The van der Waals surface area contributed by atoms with Gasteiger partial charge in [0.05, 0.1) is 16.9 Å². The Morgan fingerprint density at radius 3 is 2.58 bits per heavy atom. The number of benzene rings is 1. The summed E-state index contributed by atoms with van der Waals surface area (Å²) in [5.41, 5.74) is 2.76. The molecule has 2 saturated carbocycles. The molecule has 3 heterocycles. The summed E-state index contributed by atoms with van der Waals surface area (Å²) < 4.78 is 13.1. The quantitative estimate of drug-likeness (QED) is 0.400. The maximum atomic E-state index is 13.1. The lowest BCUT2D eigenvalue weighted by Gasteiger charge is -2.44. The molecule has 2 aromatic heterocycles. The summed E-state index contributed by atoms with van der Waals surface area (Å²) >= 11 is 6.25. The van der Waals surface area contributed by atoms with Crippen LogP contribution in [0.25, 0.3) is 11.0 Å². The molecule has 0 spiro atoms. The summed E-state index contributed by atoms with van der Waals surface area (Å²) in [6, 6.07) is 12.4. The Morgan fingerprint density at radius 2 is 1.87 bits per heavy atom. The molecule has 0 amide bonds. The van der Waals surface area contributed by atoms with Gasteiger partial charge in [0.15, 0.2) is 11.5 Å². The fraction of sp³-hybridized carbons (Fsp3) is 0.483. The monoisotopic (exact) mass is 533 g/mol. The number of pyridine rings is 2. The van der Waals surface area contributed by atoms with Gasteiger partial charge >= 0.3 is 0 Å². The van der Waals surface area contributed by atoms with Crippen molar-refractivity contribution in [1.29, 1.82) is 5.26 Å². The number of rotatable bonds is 6. The fourth-order valence-corrected chi connectivity index (χ4v) is 6.44. The first-order chi connectivity index (χ1) is 18.5. The van der Waals surface area contributed by atoms with Gasteiger partial charge < -0.3 is 23.8 Å². The molecule has 0 N–H and O–H groups in total. The van der Waals surface area contributed by atoms with E-state index in [-0.39, 0.29) is 24.0 Å². The van der Waals surface area contributed by atoms with Gasteiger partial charge in [-0.15, -0.1) is 0 Å². The minimum Gasteiger partial charge on any atom is -0.454 e. The average molecular weight is 534 g/mol. The highest BCUT2D eigenvalue weighted by molar-refractivity contribution is 6.29. The zero-order valence-corrected chi connectivity index (χ0v) is 22.6. The fourth-order valence-electron chi connectivity index (χ4n) is 6.29. The first kappa shape index (κ1) is 24.9. The second-order valence-electron chi connectivity index (χ2n) is 10.7.